The average Bonchev–Trinajstić information content (AvgIpc) is 2.89. The van der Waals surface area contributed by atoms with E-state index in [9.17, 15) is 9.90 Å². The molecule has 0 radical (unpaired) electrons. The van der Waals surface area contributed by atoms with Gasteiger partial charge in [-0.25, -0.2) is 0 Å². The lowest BCUT2D eigenvalue weighted by Gasteiger charge is -2.14. The fourth-order valence-electron chi connectivity index (χ4n) is 3.79. The number of phenols is 1. The minimum absolute atomic E-state index is 0.00616. The number of nitrogens with one attached hydrogen (secondary N) is 1. The third kappa shape index (κ3) is 18.0. The van der Waals surface area contributed by atoms with Gasteiger partial charge in [0, 0.05) is 12.5 Å². The van der Waals surface area contributed by atoms with E-state index >= 15 is 0 Å². The molecule has 208 valence electrons. The summed E-state index contributed by atoms with van der Waals surface area (Å²) in [5.74, 6) is 0.642. The lowest BCUT2D eigenvalue weighted by Crippen LogP contribution is -2.33. The van der Waals surface area contributed by atoms with Crippen LogP contribution in [0.25, 0.3) is 0 Å². The van der Waals surface area contributed by atoms with Crippen molar-refractivity contribution in [1.82, 2.24) is 5.32 Å². The molecule has 1 aromatic rings. The number of rotatable bonds is 20. The molecule has 1 atom stereocenters. The SMILES string of the molecule is CC/C=C/C=C/CCC/C=C\C/C=C\C/C=C\C/C=C\CCCC(=O)NC(C)Cc1ccc(OC)c(O)c1. The van der Waals surface area contributed by atoms with E-state index in [2.05, 4.69) is 85.2 Å². The van der Waals surface area contributed by atoms with Crippen molar-refractivity contribution >= 4 is 5.91 Å². The lowest BCUT2D eigenvalue weighted by atomic mass is 10.1. The van der Waals surface area contributed by atoms with E-state index in [1.54, 1.807) is 12.1 Å². The van der Waals surface area contributed by atoms with Crippen molar-refractivity contribution in [3.8, 4) is 11.5 Å². The zero-order valence-corrected chi connectivity index (χ0v) is 23.8. The second-order valence-electron chi connectivity index (χ2n) is 9.36. The van der Waals surface area contributed by atoms with E-state index in [0.717, 1.165) is 56.9 Å². The number of benzene rings is 1. The van der Waals surface area contributed by atoms with E-state index in [0.29, 0.717) is 18.6 Å². The first-order valence-corrected chi connectivity index (χ1v) is 14.1. The van der Waals surface area contributed by atoms with Gasteiger partial charge in [-0.1, -0.05) is 85.9 Å². The molecule has 1 rings (SSSR count). The Morgan fingerprint density at radius 2 is 1.45 bits per heavy atom. The minimum Gasteiger partial charge on any atom is -0.504 e. The maximum Gasteiger partial charge on any atom is 0.220 e. The van der Waals surface area contributed by atoms with Crippen molar-refractivity contribution in [3.63, 3.8) is 0 Å². The first-order valence-electron chi connectivity index (χ1n) is 14.1. The Kier molecular flexibility index (Phi) is 19.7. The van der Waals surface area contributed by atoms with Crippen molar-refractivity contribution < 1.29 is 14.6 Å². The number of methoxy groups -OCH3 is 1. The van der Waals surface area contributed by atoms with E-state index in [1.807, 2.05) is 13.0 Å². The van der Waals surface area contributed by atoms with Gasteiger partial charge in [0.25, 0.3) is 0 Å². The highest BCUT2D eigenvalue weighted by atomic mass is 16.5. The van der Waals surface area contributed by atoms with Crippen LogP contribution in [0, 0.1) is 0 Å². The van der Waals surface area contributed by atoms with Gasteiger partial charge in [0.1, 0.15) is 0 Å². The van der Waals surface area contributed by atoms with Crippen molar-refractivity contribution in [3.05, 3.63) is 96.7 Å². The Balaban J connectivity index is 2.03. The van der Waals surface area contributed by atoms with Crippen LogP contribution in [0.4, 0.5) is 0 Å². The Labute approximate surface area is 231 Å². The first-order chi connectivity index (χ1) is 18.6. The van der Waals surface area contributed by atoms with Crippen LogP contribution in [0.15, 0.2) is 91.1 Å². The van der Waals surface area contributed by atoms with Crippen LogP contribution in [0.2, 0.25) is 0 Å². The lowest BCUT2D eigenvalue weighted by molar-refractivity contribution is -0.121. The van der Waals surface area contributed by atoms with Crippen LogP contribution in [-0.2, 0) is 11.2 Å². The van der Waals surface area contributed by atoms with Gasteiger partial charge in [-0.05, 0) is 88.8 Å². The van der Waals surface area contributed by atoms with Gasteiger partial charge in [0.05, 0.1) is 7.11 Å². The molecule has 4 nitrogen and oxygen atoms in total. The van der Waals surface area contributed by atoms with Crippen LogP contribution in [0.5, 0.6) is 11.5 Å². The van der Waals surface area contributed by atoms with Crippen molar-refractivity contribution in [2.45, 2.75) is 90.5 Å². The molecular formula is C34H49NO3. The molecule has 0 spiro atoms. The molecular weight excluding hydrogens is 470 g/mol. The zero-order valence-electron chi connectivity index (χ0n) is 23.8. The molecule has 0 aliphatic carbocycles. The fourth-order valence-corrected chi connectivity index (χ4v) is 3.79. The highest BCUT2D eigenvalue weighted by molar-refractivity contribution is 5.76. The summed E-state index contributed by atoms with van der Waals surface area (Å²) in [5, 5.41) is 12.9. The number of hydrogen-bond donors (Lipinski definition) is 2. The van der Waals surface area contributed by atoms with Gasteiger partial charge in [-0.3, -0.25) is 4.79 Å². The maximum absolute atomic E-state index is 12.2. The van der Waals surface area contributed by atoms with Crippen LogP contribution >= 0.6 is 0 Å². The second kappa shape index (κ2) is 22.9. The summed E-state index contributed by atoms with van der Waals surface area (Å²) in [5.41, 5.74) is 0.963. The Bertz CT molecular complexity index is 937. The summed E-state index contributed by atoms with van der Waals surface area (Å²) in [6, 6.07) is 5.34. The normalized spacial score (nSPS) is 13.2. The molecule has 0 bridgehead atoms. The molecule has 1 aromatic carbocycles. The number of ether oxygens (including phenoxy) is 1. The second-order valence-corrected chi connectivity index (χ2v) is 9.36. The van der Waals surface area contributed by atoms with Crippen molar-refractivity contribution in [1.29, 1.82) is 0 Å². The number of phenolic OH excluding ortho intramolecular Hbond substituents is 1. The molecule has 2 N–H and O–H groups in total. The predicted molar refractivity (Wildman–Crippen MR) is 163 cm³/mol. The predicted octanol–water partition coefficient (Wildman–Crippen LogP) is 8.71. The first kappa shape index (κ1) is 32.8. The van der Waals surface area contributed by atoms with Gasteiger partial charge < -0.3 is 15.2 Å². The number of amides is 1. The molecule has 0 aliphatic heterocycles. The largest absolute Gasteiger partial charge is 0.504 e. The molecule has 1 unspecified atom stereocenters. The number of aromatic hydroxyl groups is 1. The monoisotopic (exact) mass is 519 g/mol. The number of carbonyl (C=O) groups excluding carboxylic acids is 1. The van der Waals surface area contributed by atoms with Crippen LogP contribution in [0.3, 0.4) is 0 Å². The van der Waals surface area contributed by atoms with Gasteiger partial charge in [-0.15, -0.1) is 0 Å². The molecule has 0 saturated carbocycles. The molecule has 0 aromatic heterocycles. The molecule has 1 amide bonds. The summed E-state index contributed by atoms with van der Waals surface area (Å²) in [7, 11) is 1.53. The van der Waals surface area contributed by atoms with Crippen LogP contribution < -0.4 is 10.1 Å². The van der Waals surface area contributed by atoms with Gasteiger partial charge in [0.15, 0.2) is 11.5 Å². The highest BCUT2D eigenvalue weighted by Crippen LogP contribution is 2.26. The summed E-state index contributed by atoms with van der Waals surface area (Å²) >= 11 is 0. The topological polar surface area (TPSA) is 58.6 Å². The molecule has 4 heteroatoms. The summed E-state index contributed by atoms with van der Waals surface area (Å²) in [6.07, 6.45) is 36.7. The Morgan fingerprint density at radius 3 is 2.05 bits per heavy atom. The van der Waals surface area contributed by atoms with Gasteiger partial charge in [0.2, 0.25) is 5.91 Å². The van der Waals surface area contributed by atoms with E-state index in [1.165, 1.54) is 13.5 Å². The fraction of sp³-hybridized carbons (Fsp3) is 0.441. The summed E-state index contributed by atoms with van der Waals surface area (Å²) < 4.78 is 5.07. The molecule has 0 saturated heterocycles. The van der Waals surface area contributed by atoms with Crippen molar-refractivity contribution in [2.75, 3.05) is 7.11 Å². The standard InChI is InChI=1S/C34H49NO3/c1-4-5-6-7-8-9-10-11-12-13-14-15-16-17-18-19-20-21-22-23-24-25-34(37)35-30(2)28-31-26-27-33(38-3)32(36)29-31/h5-8,12-13,15-16,18-19,21-22,26-27,29-30,36H,4,9-11,14,17,20,23-25,28H2,1-3H3,(H,35,37)/b6-5+,8-7+,13-12-,16-15-,19-18-,22-21-. The highest BCUT2D eigenvalue weighted by Gasteiger charge is 2.09. The molecule has 38 heavy (non-hydrogen) atoms. The smallest absolute Gasteiger partial charge is 0.220 e. The molecule has 0 fully saturated rings. The third-order valence-corrected chi connectivity index (χ3v) is 5.81. The zero-order chi connectivity index (χ0) is 27.7. The maximum atomic E-state index is 12.2. The van der Waals surface area contributed by atoms with Crippen LogP contribution in [-0.4, -0.2) is 24.2 Å². The molecule has 0 heterocycles. The number of carbonyl (C=O) groups is 1. The Morgan fingerprint density at radius 1 is 0.868 bits per heavy atom. The average molecular weight is 520 g/mol. The van der Waals surface area contributed by atoms with Crippen molar-refractivity contribution in [2.24, 2.45) is 0 Å². The third-order valence-electron chi connectivity index (χ3n) is 5.81. The Hall–Kier alpha value is -3.27. The molecule has 0 aliphatic rings. The van der Waals surface area contributed by atoms with E-state index < -0.39 is 0 Å². The quantitative estimate of drug-likeness (QED) is 0.103. The summed E-state index contributed by atoms with van der Waals surface area (Å²) in [4.78, 5) is 12.2. The minimum atomic E-state index is 0.00616. The summed E-state index contributed by atoms with van der Waals surface area (Å²) in [6.45, 7) is 4.13. The van der Waals surface area contributed by atoms with E-state index in [4.69, 9.17) is 4.74 Å². The van der Waals surface area contributed by atoms with Gasteiger partial charge in [-0.2, -0.15) is 0 Å². The number of unbranched alkanes of at least 4 members (excludes halogenated alkanes) is 3. The number of hydrogen-bond acceptors (Lipinski definition) is 3. The number of allylic oxidation sites excluding steroid dienone is 12. The van der Waals surface area contributed by atoms with Crippen LogP contribution in [0.1, 0.15) is 83.6 Å². The van der Waals surface area contributed by atoms with E-state index in [-0.39, 0.29) is 17.7 Å². The van der Waals surface area contributed by atoms with Gasteiger partial charge >= 0.3 is 0 Å².